The number of aromatic nitrogens is 2. The molecule has 0 radical (unpaired) electrons. The average Bonchev–Trinajstić information content (AvgIpc) is 3.19. The van der Waals surface area contributed by atoms with Crippen LogP contribution in [0.1, 0.15) is 31.7 Å². The van der Waals surface area contributed by atoms with Crippen molar-refractivity contribution in [3.63, 3.8) is 0 Å². The maximum Gasteiger partial charge on any atom is 0.249 e. The van der Waals surface area contributed by atoms with Gasteiger partial charge in [-0.1, -0.05) is 17.3 Å². The van der Waals surface area contributed by atoms with Crippen LogP contribution in [0.15, 0.2) is 28.8 Å². The van der Waals surface area contributed by atoms with Gasteiger partial charge in [0.15, 0.2) is 0 Å². The second-order valence-electron chi connectivity index (χ2n) is 5.35. The van der Waals surface area contributed by atoms with E-state index in [0.717, 1.165) is 19.4 Å². The summed E-state index contributed by atoms with van der Waals surface area (Å²) in [6.07, 6.45) is 1.83. The van der Waals surface area contributed by atoms with E-state index in [1.165, 1.54) is 12.1 Å². The molecule has 2 heterocycles. The first-order valence-electron chi connectivity index (χ1n) is 7.27. The maximum atomic E-state index is 13.2. The minimum atomic E-state index is -0.398. The normalized spacial score (nSPS) is 18.3. The lowest BCUT2D eigenvalue weighted by Gasteiger charge is -2.14. The summed E-state index contributed by atoms with van der Waals surface area (Å²) in [7, 11) is 0. The molecule has 1 aromatic heterocycles. The molecule has 1 saturated heterocycles. The van der Waals surface area contributed by atoms with Crippen LogP contribution >= 0.6 is 12.4 Å². The molecule has 3 rings (SSSR count). The lowest BCUT2D eigenvalue weighted by Crippen LogP contribution is -2.41. The van der Waals surface area contributed by atoms with E-state index in [9.17, 15) is 9.18 Å². The van der Waals surface area contributed by atoms with Gasteiger partial charge in [-0.25, -0.2) is 4.39 Å². The highest BCUT2D eigenvalue weighted by molar-refractivity contribution is 5.85. The molecule has 124 valence electrons. The van der Waals surface area contributed by atoms with Crippen molar-refractivity contribution in [2.45, 2.75) is 31.8 Å². The summed E-state index contributed by atoms with van der Waals surface area (Å²) in [5, 5.41) is 9.81. The van der Waals surface area contributed by atoms with E-state index in [-0.39, 0.29) is 30.2 Å². The molecule has 1 aliphatic rings. The van der Waals surface area contributed by atoms with Crippen molar-refractivity contribution < 1.29 is 13.7 Å². The van der Waals surface area contributed by atoms with Gasteiger partial charge in [0, 0.05) is 5.56 Å². The summed E-state index contributed by atoms with van der Waals surface area (Å²) >= 11 is 0. The molecule has 0 spiro atoms. The summed E-state index contributed by atoms with van der Waals surface area (Å²) in [6.45, 7) is 2.63. The van der Waals surface area contributed by atoms with Crippen LogP contribution in [0.4, 0.5) is 4.39 Å². The topological polar surface area (TPSA) is 80.0 Å². The van der Waals surface area contributed by atoms with Gasteiger partial charge in [0.2, 0.25) is 17.6 Å². The molecule has 1 amide bonds. The quantitative estimate of drug-likeness (QED) is 0.892. The summed E-state index contributed by atoms with van der Waals surface area (Å²) in [6, 6.07) is 5.40. The Hall–Kier alpha value is -1.99. The minimum absolute atomic E-state index is 0. The fourth-order valence-electron chi connectivity index (χ4n) is 2.44. The zero-order valence-corrected chi connectivity index (χ0v) is 13.4. The third-order valence-corrected chi connectivity index (χ3v) is 3.63. The Morgan fingerprint density at radius 2 is 2.35 bits per heavy atom. The highest BCUT2D eigenvalue weighted by Gasteiger charge is 2.25. The van der Waals surface area contributed by atoms with Crippen molar-refractivity contribution >= 4 is 18.3 Å². The number of hydrogen-bond acceptors (Lipinski definition) is 5. The van der Waals surface area contributed by atoms with E-state index < -0.39 is 6.04 Å². The van der Waals surface area contributed by atoms with Crippen molar-refractivity contribution in [3.8, 4) is 11.4 Å². The molecule has 2 aromatic rings. The molecule has 23 heavy (non-hydrogen) atoms. The van der Waals surface area contributed by atoms with Crippen LogP contribution in [0.3, 0.4) is 0 Å². The van der Waals surface area contributed by atoms with Gasteiger partial charge in [0.25, 0.3) is 0 Å². The third kappa shape index (κ3) is 4.05. The standard InChI is InChI=1S/C15H17FN4O2.ClH/c1-9(18-14(21)12-6-3-7-17-12)15-19-13(20-22-15)10-4-2-5-11(16)8-10;/h2,4-5,8-9,12,17H,3,6-7H2,1H3,(H,18,21);1H. The highest BCUT2D eigenvalue weighted by Crippen LogP contribution is 2.19. The fraction of sp³-hybridized carbons (Fsp3) is 0.400. The maximum absolute atomic E-state index is 13.2. The zero-order valence-electron chi connectivity index (χ0n) is 12.6. The lowest BCUT2D eigenvalue weighted by atomic mass is 10.2. The lowest BCUT2D eigenvalue weighted by molar-refractivity contribution is -0.123. The number of carbonyl (C=O) groups is 1. The molecule has 6 nitrogen and oxygen atoms in total. The van der Waals surface area contributed by atoms with E-state index in [2.05, 4.69) is 20.8 Å². The van der Waals surface area contributed by atoms with Crippen molar-refractivity contribution in [2.75, 3.05) is 6.54 Å². The SMILES string of the molecule is CC(NC(=O)C1CCCN1)c1nc(-c2cccc(F)c2)no1.Cl. The molecular weight excluding hydrogens is 323 g/mol. The fourth-order valence-corrected chi connectivity index (χ4v) is 2.44. The summed E-state index contributed by atoms with van der Waals surface area (Å²) in [5.41, 5.74) is 0.533. The summed E-state index contributed by atoms with van der Waals surface area (Å²) in [5.74, 6) is 0.160. The number of rotatable bonds is 4. The van der Waals surface area contributed by atoms with Crippen LogP contribution in [-0.4, -0.2) is 28.6 Å². The Morgan fingerprint density at radius 1 is 1.52 bits per heavy atom. The smallest absolute Gasteiger partial charge is 0.249 e. The number of carbonyl (C=O) groups excluding carboxylic acids is 1. The molecule has 0 saturated carbocycles. The monoisotopic (exact) mass is 340 g/mol. The second kappa shape index (κ2) is 7.52. The van der Waals surface area contributed by atoms with Crippen molar-refractivity contribution in [2.24, 2.45) is 0 Å². The van der Waals surface area contributed by atoms with Gasteiger partial charge in [-0.2, -0.15) is 4.98 Å². The van der Waals surface area contributed by atoms with Crippen LogP contribution in [-0.2, 0) is 4.79 Å². The van der Waals surface area contributed by atoms with Crippen LogP contribution in [0.25, 0.3) is 11.4 Å². The first-order valence-corrected chi connectivity index (χ1v) is 7.27. The van der Waals surface area contributed by atoms with Gasteiger partial charge in [0.1, 0.15) is 11.9 Å². The molecule has 1 aromatic carbocycles. The average molecular weight is 341 g/mol. The Morgan fingerprint density at radius 3 is 3.04 bits per heavy atom. The van der Waals surface area contributed by atoms with E-state index in [1.807, 2.05) is 0 Å². The Balaban J connectivity index is 0.00000192. The number of nitrogens with zero attached hydrogens (tertiary/aromatic N) is 2. The Kier molecular flexibility index (Phi) is 5.68. The summed E-state index contributed by atoms with van der Waals surface area (Å²) in [4.78, 5) is 16.3. The van der Waals surface area contributed by atoms with Gasteiger partial charge in [-0.3, -0.25) is 4.79 Å². The van der Waals surface area contributed by atoms with Gasteiger partial charge >= 0.3 is 0 Å². The van der Waals surface area contributed by atoms with Crippen molar-refractivity contribution in [3.05, 3.63) is 36.0 Å². The molecule has 1 aliphatic heterocycles. The number of benzene rings is 1. The Labute approximate surface area is 139 Å². The van der Waals surface area contributed by atoms with Crippen LogP contribution in [0.5, 0.6) is 0 Å². The number of halogens is 2. The third-order valence-electron chi connectivity index (χ3n) is 3.63. The largest absolute Gasteiger partial charge is 0.343 e. The first-order chi connectivity index (χ1) is 10.6. The van der Waals surface area contributed by atoms with Gasteiger partial charge in [-0.15, -0.1) is 12.4 Å². The molecule has 2 atom stereocenters. The molecular formula is C15H18ClFN4O2. The minimum Gasteiger partial charge on any atom is -0.343 e. The van der Waals surface area contributed by atoms with Crippen molar-refractivity contribution in [1.29, 1.82) is 0 Å². The van der Waals surface area contributed by atoms with Gasteiger partial charge in [-0.05, 0) is 38.4 Å². The van der Waals surface area contributed by atoms with E-state index in [0.29, 0.717) is 17.3 Å². The van der Waals surface area contributed by atoms with Crippen LogP contribution in [0.2, 0.25) is 0 Å². The molecule has 1 fully saturated rings. The predicted molar refractivity (Wildman–Crippen MR) is 84.5 cm³/mol. The van der Waals surface area contributed by atoms with Crippen molar-refractivity contribution in [1.82, 2.24) is 20.8 Å². The molecule has 2 unspecified atom stereocenters. The van der Waals surface area contributed by atoms with E-state index >= 15 is 0 Å². The van der Waals surface area contributed by atoms with Crippen LogP contribution in [0, 0.1) is 5.82 Å². The molecule has 0 aliphatic carbocycles. The van der Waals surface area contributed by atoms with E-state index in [1.54, 1.807) is 19.1 Å². The predicted octanol–water partition coefficient (Wildman–Crippen LogP) is 2.23. The van der Waals surface area contributed by atoms with Gasteiger partial charge in [0.05, 0.1) is 6.04 Å². The van der Waals surface area contributed by atoms with E-state index in [4.69, 9.17) is 4.52 Å². The zero-order chi connectivity index (χ0) is 15.5. The molecule has 0 bridgehead atoms. The molecule has 2 N–H and O–H groups in total. The highest BCUT2D eigenvalue weighted by atomic mass is 35.5. The molecule has 8 heteroatoms. The first kappa shape index (κ1) is 17.4. The number of amides is 1. The van der Waals surface area contributed by atoms with Crippen LogP contribution < -0.4 is 10.6 Å². The number of hydrogen-bond donors (Lipinski definition) is 2. The summed E-state index contributed by atoms with van der Waals surface area (Å²) < 4.78 is 18.4. The van der Waals surface area contributed by atoms with Gasteiger partial charge < -0.3 is 15.2 Å². The Bertz CT molecular complexity index is 673. The second-order valence-corrected chi connectivity index (χ2v) is 5.35. The number of nitrogens with one attached hydrogen (secondary N) is 2.